The van der Waals surface area contributed by atoms with Crippen molar-refractivity contribution in [3.05, 3.63) is 18.2 Å². The minimum atomic E-state index is -3.82. The lowest BCUT2D eigenvalue weighted by Crippen LogP contribution is -2.43. The summed E-state index contributed by atoms with van der Waals surface area (Å²) in [5.74, 6) is 0.808. The zero-order valence-electron chi connectivity index (χ0n) is 16.3. The highest BCUT2D eigenvalue weighted by Crippen LogP contribution is 2.34. The summed E-state index contributed by atoms with van der Waals surface area (Å²) >= 11 is 0. The van der Waals surface area contributed by atoms with Crippen LogP contribution in [0.3, 0.4) is 0 Å². The van der Waals surface area contributed by atoms with E-state index in [-0.39, 0.29) is 16.7 Å². The fraction of sp³-hybridized carbons (Fsp3) is 0.667. The molecule has 152 valence electrons. The standard InChI is InChI=1S/C18H30N4O4S/c1-4-5-11-26-17(23)22-13-14(12-18(22,2)3)9-10-20-15-7-6-8-16(21-15)27(19,24)25/h6-8,14H,4-5,9-13H2,1-3H3,(H,20,21)(H2,19,24,25)/t14-/m0/s1. The molecule has 0 saturated carbocycles. The summed E-state index contributed by atoms with van der Waals surface area (Å²) < 4.78 is 28.1. The Bertz CT molecular complexity index is 751. The van der Waals surface area contributed by atoms with Crippen LogP contribution in [-0.4, -0.2) is 49.6 Å². The van der Waals surface area contributed by atoms with Gasteiger partial charge in [0, 0.05) is 18.6 Å². The molecule has 27 heavy (non-hydrogen) atoms. The number of unbranched alkanes of at least 4 members (excludes halogenated alkanes) is 1. The van der Waals surface area contributed by atoms with Crippen LogP contribution in [-0.2, 0) is 14.8 Å². The molecule has 1 atom stereocenters. The van der Waals surface area contributed by atoms with Crippen LogP contribution in [0.4, 0.5) is 10.6 Å². The first-order valence-corrected chi connectivity index (χ1v) is 10.9. The first kappa shape index (κ1) is 21.4. The monoisotopic (exact) mass is 398 g/mol. The van der Waals surface area contributed by atoms with Crippen molar-refractivity contribution in [1.82, 2.24) is 9.88 Å². The largest absolute Gasteiger partial charge is 0.449 e. The van der Waals surface area contributed by atoms with Gasteiger partial charge in [0.1, 0.15) is 5.82 Å². The zero-order chi connectivity index (χ0) is 20.1. The number of aromatic nitrogens is 1. The fourth-order valence-corrected chi connectivity index (χ4v) is 3.85. The Labute approximate surface area is 161 Å². The third kappa shape index (κ3) is 6.07. The van der Waals surface area contributed by atoms with Crippen molar-refractivity contribution in [2.75, 3.05) is 25.0 Å². The molecule has 0 unspecified atom stereocenters. The van der Waals surface area contributed by atoms with Crippen LogP contribution < -0.4 is 10.5 Å². The average molecular weight is 399 g/mol. The predicted octanol–water partition coefficient (Wildman–Crippen LogP) is 2.57. The van der Waals surface area contributed by atoms with E-state index in [0.717, 1.165) is 25.7 Å². The number of sulfonamides is 1. The Hall–Kier alpha value is -1.87. The highest BCUT2D eigenvalue weighted by molar-refractivity contribution is 7.89. The van der Waals surface area contributed by atoms with E-state index in [2.05, 4.69) is 31.1 Å². The molecule has 1 aromatic heterocycles. The van der Waals surface area contributed by atoms with Crippen molar-refractivity contribution in [2.45, 2.75) is 57.0 Å². The minimum absolute atomic E-state index is 0.157. The van der Waals surface area contributed by atoms with Crippen LogP contribution in [0.1, 0.15) is 46.5 Å². The third-order valence-electron chi connectivity index (χ3n) is 4.78. The highest BCUT2D eigenvalue weighted by Gasteiger charge is 2.41. The minimum Gasteiger partial charge on any atom is -0.449 e. The summed E-state index contributed by atoms with van der Waals surface area (Å²) in [5, 5.41) is 8.08. The number of nitrogens with one attached hydrogen (secondary N) is 1. The molecule has 1 amide bonds. The molecule has 9 heteroatoms. The van der Waals surface area contributed by atoms with Crippen molar-refractivity contribution in [3.63, 3.8) is 0 Å². The van der Waals surface area contributed by atoms with Gasteiger partial charge in [-0.2, -0.15) is 0 Å². The number of hydrogen-bond acceptors (Lipinski definition) is 6. The second-order valence-corrected chi connectivity index (χ2v) is 9.09. The Kier molecular flexibility index (Phi) is 7.05. The van der Waals surface area contributed by atoms with Crippen LogP contribution in [0.2, 0.25) is 0 Å². The maximum absolute atomic E-state index is 12.3. The van der Waals surface area contributed by atoms with Crippen LogP contribution in [0.25, 0.3) is 0 Å². The van der Waals surface area contributed by atoms with Gasteiger partial charge in [0.05, 0.1) is 6.61 Å². The summed E-state index contributed by atoms with van der Waals surface area (Å²) in [5.41, 5.74) is -0.236. The SMILES string of the molecule is CCCCOC(=O)N1C[C@@H](CCNc2cccc(S(N)(=O)=O)n2)CC1(C)C. The molecule has 1 aromatic rings. The number of primary sulfonamides is 1. The third-order valence-corrected chi connectivity index (χ3v) is 5.59. The van der Waals surface area contributed by atoms with Crippen LogP contribution in [0, 0.1) is 5.92 Å². The maximum atomic E-state index is 12.3. The first-order chi connectivity index (χ1) is 12.6. The number of anilines is 1. The van der Waals surface area contributed by atoms with Crippen molar-refractivity contribution in [3.8, 4) is 0 Å². The lowest BCUT2D eigenvalue weighted by molar-refractivity contribution is 0.0792. The van der Waals surface area contributed by atoms with Gasteiger partial charge < -0.3 is 15.0 Å². The normalized spacial score (nSPS) is 19.1. The topological polar surface area (TPSA) is 115 Å². The molecule has 0 aromatic carbocycles. The molecule has 2 heterocycles. The van der Waals surface area contributed by atoms with Gasteiger partial charge in [-0.05, 0) is 51.2 Å². The average Bonchev–Trinajstić information content (AvgIpc) is 2.89. The number of nitrogens with two attached hydrogens (primary N) is 1. The smallest absolute Gasteiger partial charge is 0.410 e. The van der Waals surface area contributed by atoms with Crippen molar-refractivity contribution < 1.29 is 17.9 Å². The molecule has 1 aliphatic rings. The number of ether oxygens (including phenoxy) is 1. The predicted molar refractivity (Wildman–Crippen MR) is 104 cm³/mol. The maximum Gasteiger partial charge on any atom is 0.410 e. The van der Waals surface area contributed by atoms with Gasteiger partial charge in [-0.25, -0.2) is 23.3 Å². The van der Waals surface area contributed by atoms with Gasteiger partial charge in [-0.3, -0.25) is 0 Å². The number of likely N-dealkylation sites (tertiary alicyclic amines) is 1. The summed E-state index contributed by atoms with van der Waals surface area (Å²) in [7, 11) is -3.82. The zero-order valence-corrected chi connectivity index (χ0v) is 17.1. The van der Waals surface area contributed by atoms with Crippen LogP contribution in [0.15, 0.2) is 23.2 Å². The summed E-state index contributed by atoms with van der Waals surface area (Å²) in [6.07, 6.45) is 3.35. The molecule has 3 N–H and O–H groups in total. The molecular formula is C18H30N4O4S. The van der Waals surface area contributed by atoms with Gasteiger partial charge >= 0.3 is 6.09 Å². The number of carbonyl (C=O) groups excluding carboxylic acids is 1. The number of rotatable bonds is 8. The van der Waals surface area contributed by atoms with E-state index in [1.54, 1.807) is 12.1 Å². The number of pyridine rings is 1. The number of carbonyl (C=O) groups is 1. The molecule has 1 saturated heterocycles. The molecule has 0 radical (unpaired) electrons. The lowest BCUT2D eigenvalue weighted by Gasteiger charge is -2.30. The van der Waals surface area contributed by atoms with E-state index >= 15 is 0 Å². The summed E-state index contributed by atoms with van der Waals surface area (Å²) in [4.78, 5) is 18.1. The molecule has 1 aliphatic heterocycles. The van der Waals surface area contributed by atoms with Gasteiger partial charge in [-0.15, -0.1) is 0 Å². The van der Waals surface area contributed by atoms with Crippen molar-refractivity contribution in [1.29, 1.82) is 0 Å². The quantitative estimate of drug-likeness (QED) is 0.651. The van der Waals surface area contributed by atoms with Crippen molar-refractivity contribution >= 4 is 21.9 Å². The fourth-order valence-electron chi connectivity index (χ4n) is 3.36. The van der Waals surface area contributed by atoms with E-state index in [0.29, 0.717) is 31.4 Å². The Morgan fingerprint density at radius 2 is 2.19 bits per heavy atom. The molecule has 8 nitrogen and oxygen atoms in total. The van der Waals surface area contributed by atoms with E-state index < -0.39 is 10.0 Å². The van der Waals surface area contributed by atoms with Gasteiger partial charge in [-0.1, -0.05) is 19.4 Å². The van der Waals surface area contributed by atoms with E-state index in [9.17, 15) is 13.2 Å². The highest BCUT2D eigenvalue weighted by atomic mass is 32.2. The van der Waals surface area contributed by atoms with E-state index in [4.69, 9.17) is 9.88 Å². The molecule has 1 fully saturated rings. The van der Waals surface area contributed by atoms with Crippen molar-refractivity contribution in [2.24, 2.45) is 11.1 Å². The summed E-state index contributed by atoms with van der Waals surface area (Å²) in [6, 6.07) is 4.66. The summed E-state index contributed by atoms with van der Waals surface area (Å²) in [6.45, 7) is 7.91. The van der Waals surface area contributed by atoms with Crippen LogP contribution >= 0.6 is 0 Å². The van der Waals surface area contributed by atoms with Gasteiger partial charge in [0.15, 0.2) is 5.03 Å². The number of amides is 1. The number of hydrogen-bond donors (Lipinski definition) is 2. The Morgan fingerprint density at radius 3 is 2.85 bits per heavy atom. The second kappa shape index (κ2) is 8.88. The molecule has 0 aliphatic carbocycles. The Morgan fingerprint density at radius 1 is 1.44 bits per heavy atom. The van der Waals surface area contributed by atoms with Crippen LogP contribution in [0.5, 0.6) is 0 Å². The molecular weight excluding hydrogens is 368 g/mol. The molecule has 2 rings (SSSR count). The molecule has 0 bridgehead atoms. The first-order valence-electron chi connectivity index (χ1n) is 9.31. The van der Waals surface area contributed by atoms with E-state index in [1.807, 2.05) is 4.90 Å². The molecule has 0 spiro atoms. The van der Waals surface area contributed by atoms with E-state index in [1.165, 1.54) is 6.07 Å². The number of nitrogens with zero attached hydrogens (tertiary/aromatic N) is 2. The second-order valence-electron chi connectivity index (χ2n) is 7.58. The lowest BCUT2D eigenvalue weighted by atomic mass is 9.94. The van der Waals surface area contributed by atoms with Gasteiger partial charge in [0.2, 0.25) is 0 Å². The van der Waals surface area contributed by atoms with Gasteiger partial charge in [0.25, 0.3) is 10.0 Å². The Balaban J connectivity index is 1.86.